The minimum atomic E-state index is -0.391. The monoisotopic (exact) mass is 321 g/mol. The van der Waals surface area contributed by atoms with Crippen LogP contribution in [0, 0.1) is 5.82 Å². The van der Waals surface area contributed by atoms with Crippen LogP contribution in [0.1, 0.15) is 0 Å². The number of nitrogens with one attached hydrogen (secondary N) is 1. The van der Waals surface area contributed by atoms with Gasteiger partial charge in [0.25, 0.3) is 0 Å². The van der Waals surface area contributed by atoms with E-state index in [2.05, 4.69) is 15.3 Å². The molecule has 0 spiro atoms. The molecule has 0 atom stereocenters. The fourth-order valence-corrected chi connectivity index (χ4v) is 2.50. The molecule has 0 amide bonds. The molecule has 2 aromatic carbocycles. The quantitative estimate of drug-likeness (QED) is 0.737. The van der Waals surface area contributed by atoms with Crippen molar-refractivity contribution in [3.05, 3.63) is 52.3 Å². The molecule has 6 heteroatoms. The van der Waals surface area contributed by atoms with Crippen molar-refractivity contribution in [2.75, 3.05) is 12.4 Å². The molecule has 21 heavy (non-hydrogen) atoms. The average molecular weight is 322 g/mol. The van der Waals surface area contributed by atoms with Crippen molar-refractivity contribution >= 4 is 40.1 Å². The first-order valence-corrected chi connectivity index (χ1v) is 6.95. The summed E-state index contributed by atoms with van der Waals surface area (Å²) < 4.78 is 13.5. The van der Waals surface area contributed by atoms with Gasteiger partial charge in [-0.05, 0) is 30.3 Å². The molecule has 3 nitrogen and oxygen atoms in total. The first-order valence-electron chi connectivity index (χ1n) is 6.19. The molecule has 0 aliphatic rings. The van der Waals surface area contributed by atoms with Gasteiger partial charge in [0.1, 0.15) is 17.0 Å². The molecular weight excluding hydrogens is 312 g/mol. The summed E-state index contributed by atoms with van der Waals surface area (Å²) in [6, 6.07) is 9.46. The lowest BCUT2D eigenvalue weighted by molar-refractivity contribution is 0.628. The molecule has 0 bridgehead atoms. The zero-order chi connectivity index (χ0) is 15.0. The second kappa shape index (κ2) is 5.47. The van der Waals surface area contributed by atoms with Crippen LogP contribution in [0.2, 0.25) is 10.0 Å². The van der Waals surface area contributed by atoms with Crippen molar-refractivity contribution in [2.45, 2.75) is 0 Å². The Morgan fingerprint density at radius 1 is 1.05 bits per heavy atom. The topological polar surface area (TPSA) is 37.8 Å². The summed E-state index contributed by atoms with van der Waals surface area (Å²) in [6.45, 7) is 0. The van der Waals surface area contributed by atoms with Gasteiger partial charge >= 0.3 is 0 Å². The van der Waals surface area contributed by atoms with E-state index in [9.17, 15) is 4.39 Å². The second-order valence-corrected chi connectivity index (χ2v) is 5.22. The van der Waals surface area contributed by atoms with E-state index in [4.69, 9.17) is 23.2 Å². The number of hydrogen-bond acceptors (Lipinski definition) is 3. The van der Waals surface area contributed by atoms with Crippen LogP contribution in [0.4, 0.5) is 10.2 Å². The van der Waals surface area contributed by atoms with Crippen molar-refractivity contribution in [1.82, 2.24) is 9.97 Å². The van der Waals surface area contributed by atoms with E-state index in [1.54, 1.807) is 19.2 Å². The van der Waals surface area contributed by atoms with Crippen molar-refractivity contribution in [3.8, 4) is 11.3 Å². The van der Waals surface area contributed by atoms with Gasteiger partial charge in [0, 0.05) is 12.6 Å². The molecule has 3 aromatic rings. The molecule has 1 aromatic heterocycles. The summed E-state index contributed by atoms with van der Waals surface area (Å²) >= 11 is 12.3. The van der Waals surface area contributed by atoms with Crippen LogP contribution < -0.4 is 5.32 Å². The molecule has 1 N–H and O–H groups in total. The number of aromatic nitrogens is 2. The van der Waals surface area contributed by atoms with Crippen molar-refractivity contribution < 1.29 is 4.39 Å². The number of fused-ring (bicyclic) bond motifs is 1. The largest absolute Gasteiger partial charge is 0.371 e. The van der Waals surface area contributed by atoms with Crippen LogP contribution in [-0.2, 0) is 0 Å². The van der Waals surface area contributed by atoms with Gasteiger partial charge in [-0.25, -0.2) is 14.4 Å². The van der Waals surface area contributed by atoms with Crippen LogP contribution in [-0.4, -0.2) is 17.0 Å². The highest BCUT2D eigenvalue weighted by Gasteiger charge is 2.15. The minimum absolute atomic E-state index is 0.391. The van der Waals surface area contributed by atoms with E-state index < -0.39 is 5.82 Å². The maximum absolute atomic E-state index is 13.5. The summed E-state index contributed by atoms with van der Waals surface area (Å²) in [4.78, 5) is 8.97. The van der Waals surface area contributed by atoms with Gasteiger partial charge in [0.15, 0.2) is 5.82 Å². The number of halogens is 3. The lowest BCUT2D eigenvalue weighted by Crippen LogP contribution is -2.00. The second-order valence-electron chi connectivity index (χ2n) is 4.40. The third-order valence-electron chi connectivity index (χ3n) is 3.07. The zero-order valence-corrected chi connectivity index (χ0v) is 12.5. The smallest absolute Gasteiger partial charge is 0.153 e. The first-order chi connectivity index (χ1) is 10.1. The molecule has 3 rings (SSSR count). The third-order valence-corrected chi connectivity index (χ3v) is 3.70. The van der Waals surface area contributed by atoms with E-state index in [-0.39, 0.29) is 0 Å². The Hall–Kier alpha value is -1.91. The van der Waals surface area contributed by atoms with Gasteiger partial charge < -0.3 is 5.32 Å². The van der Waals surface area contributed by atoms with E-state index in [0.29, 0.717) is 38.2 Å². The van der Waals surface area contributed by atoms with Crippen LogP contribution in [0.5, 0.6) is 0 Å². The normalized spacial score (nSPS) is 10.9. The Morgan fingerprint density at radius 2 is 1.86 bits per heavy atom. The predicted octanol–water partition coefficient (Wildman–Crippen LogP) is 4.78. The molecule has 0 saturated heterocycles. The lowest BCUT2D eigenvalue weighted by atomic mass is 10.1. The number of para-hydroxylation sites is 1. The Bertz CT molecular complexity index is 837. The molecule has 106 valence electrons. The molecule has 0 fully saturated rings. The molecular formula is C15H10Cl2FN3. The summed E-state index contributed by atoms with van der Waals surface area (Å²) in [6.07, 6.45) is 0. The summed E-state index contributed by atoms with van der Waals surface area (Å²) in [7, 11) is 1.72. The molecule has 0 aliphatic carbocycles. The van der Waals surface area contributed by atoms with Gasteiger partial charge in [0.05, 0.1) is 15.6 Å². The van der Waals surface area contributed by atoms with Crippen LogP contribution >= 0.6 is 23.2 Å². The van der Waals surface area contributed by atoms with E-state index in [0.717, 1.165) is 0 Å². The fraction of sp³-hybridized carbons (Fsp3) is 0.0667. The third kappa shape index (κ3) is 2.52. The van der Waals surface area contributed by atoms with Gasteiger partial charge in [-0.1, -0.05) is 29.3 Å². The van der Waals surface area contributed by atoms with Crippen molar-refractivity contribution in [3.63, 3.8) is 0 Å². The molecule has 1 heterocycles. The van der Waals surface area contributed by atoms with E-state index >= 15 is 0 Å². The Balaban J connectivity index is 2.35. The lowest BCUT2D eigenvalue weighted by Gasteiger charge is -2.11. The Kier molecular flexibility index (Phi) is 3.66. The average Bonchev–Trinajstić information content (AvgIpc) is 2.49. The van der Waals surface area contributed by atoms with Crippen LogP contribution in [0.25, 0.3) is 22.3 Å². The van der Waals surface area contributed by atoms with Crippen LogP contribution in [0.15, 0.2) is 36.4 Å². The fourth-order valence-electron chi connectivity index (χ4n) is 2.08. The van der Waals surface area contributed by atoms with Gasteiger partial charge in [-0.2, -0.15) is 0 Å². The highest BCUT2D eigenvalue weighted by molar-refractivity contribution is 6.35. The van der Waals surface area contributed by atoms with E-state index in [1.165, 1.54) is 18.2 Å². The number of rotatable bonds is 2. The Labute approximate surface area is 130 Å². The summed E-state index contributed by atoms with van der Waals surface area (Å²) in [5, 5.41) is 3.83. The molecule has 0 saturated carbocycles. The standard InChI is InChI=1S/C15H10Cl2FN3/c1-19-15-13(9-7-8(18)5-6-10(9)16)21-14-11(17)3-2-4-12(14)20-15/h2-7H,1H3,(H,19,20). The maximum atomic E-state index is 13.5. The van der Waals surface area contributed by atoms with Gasteiger partial charge in [0.2, 0.25) is 0 Å². The Morgan fingerprint density at radius 3 is 2.62 bits per heavy atom. The highest BCUT2D eigenvalue weighted by atomic mass is 35.5. The maximum Gasteiger partial charge on any atom is 0.153 e. The van der Waals surface area contributed by atoms with Crippen molar-refractivity contribution in [1.29, 1.82) is 0 Å². The van der Waals surface area contributed by atoms with Gasteiger partial charge in [-0.3, -0.25) is 0 Å². The van der Waals surface area contributed by atoms with Crippen LogP contribution in [0.3, 0.4) is 0 Å². The highest BCUT2D eigenvalue weighted by Crippen LogP contribution is 2.34. The number of nitrogens with zero attached hydrogens (tertiary/aromatic N) is 2. The number of benzene rings is 2. The predicted molar refractivity (Wildman–Crippen MR) is 84.5 cm³/mol. The van der Waals surface area contributed by atoms with E-state index in [1.807, 2.05) is 6.07 Å². The summed E-state index contributed by atoms with van der Waals surface area (Å²) in [5.41, 5.74) is 2.13. The molecule has 0 radical (unpaired) electrons. The zero-order valence-electron chi connectivity index (χ0n) is 11.0. The first kappa shape index (κ1) is 14.0. The SMILES string of the molecule is CNc1nc2cccc(Cl)c2nc1-c1cc(F)ccc1Cl. The minimum Gasteiger partial charge on any atom is -0.371 e. The molecule has 0 unspecified atom stereocenters. The van der Waals surface area contributed by atoms with Gasteiger partial charge in [-0.15, -0.1) is 0 Å². The van der Waals surface area contributed by atoms with Crippen molar-refractivity contribution in [2.24, 2.45) is 0 Å². The number of anilines is 1. The summed E-state index contributed by atoms with van der Waals surface area (Å²) in [5.74, 6) is 0.120. The molecule has 0 aliphatic heterocycles. The number of hydrogen-bond donors (Lipinski definition) is 1.